The number of hydrogen-bond acceptors (Lipinski definition) is 4. The summed E-state index contributed by atoms with van der Waals surface area (Å²) in [5, 5.41) is 17.1. The van der Waals surface area contributed by atoms with Crippen LogP contribution in [-0.4, -0.2) is 52.1 Å². The smallest absolute Gasteiger partial charge is 0.0586 e. The van der Waals surface area contributed by atoms with Crippen molar-refractivity contribution in [1.29, 1.82) is 0 Å². The van der Waals surface area contributed by atoms with E-state index in [-0.39, 0.29) is 0 Å². The first-order valence-corrected chi connectivity index (χ1v) is 7.40. The number of nitrogens with zero attached hydrogens (tertiary/aromatic N) is 3. The number of hydrogen-bond donors (Lipinski definition) is 2. The Morgan fingerprint density at radius 3 is 3.11 bits per heavy atom. The molecular weight excluding hydrogens is 240 g/mol. The SMILES string of the molecule is CCn1cc(CNCCN2CCCCC2CO)cn1. The van der Waals surface area contributed by atoms with Crippen molar-refractivity contribution in [1.82, 2.24) is 20.0 Å². The van der Waals surface area contributed by atoms with Crippen LogP contribution < -0.4 is 5.32 Å². The second-order valence-electron chi connectivity index (χ2n) is 5.25. The van der Waals surface area contributed by atoms with Crippen molar-refractivity contribution < 1.29 is 5.11 Å². The van der Waals surface area contributed by atoms with Crippen LogP contribution in [0.4, 0.5) is 0 Å². The molecule has 1 unspecified atom stereocenters. The third-order valence-electron chi connectivity index (χ3n) is 3.88. The minimum Gasteiger partial charge on any atom is -0.395 e. The highest BCUT2D eigenvalue weighted by Gasteiger charge is 2.20. The summed E-state index contributed by atoms with van der Waals surface area (Å²) in [7, 11) is 0. The van der Waals surface area contributed by atoms with Crippen LogP contribution in [0.5, 0.6) is 0 Å². The highest BCUT2D eigenvalue weighted by atomic mass is 16.3. The van der Waals surface area contributed by atoms with Gasteiger partial charge in [-0.15, -0.1) is 0 Å². The van der Waals surface area contributed by atoms with Gasteiger partial charge in [-0.2, -0.15) is 5.10 Å². The van der Waals surface area contributed by atoms with Gasteiger partial charge >= 0.3 is 0 Å². The molecule has 0 amide bonds. The Kier molecular flexibility index (Phi) is 5.82. The predicted molar refractivity (Wildman–Crippen MR) is 75.9 cm³/mol. The molecule has 2 rings (SSSR count). The third-order valence-corrected chi connectivity index (χ3v) is 3.88. The molecule has 0 aliphatic carbocycles. The Labute approximate surface area is 115 Å². The second kappa shape index (κ2) is 7.62. The summed E-state index contributed by atoms with van der Waals surface area (Å²) in [4.78, 5) is 2.41. The highest BCUT2D eigenvalue weighted by Crippen LogP contribution is 2.15. The average molecular weight is 266 g/mol. The maximum Gasteiger partial charge on any atom is 0.0586 e. The first-order valence-electron chi connectivity index (χ1n) is 7.40. The zero-order valence-corrected chi connectivity index (χ0v) is 11.9. The lowest BCUT2D eigenvalue weighted by Crippen LogP contribution is -2.44. The van der Waals surface area contributed by atoms with E-state index < -0.39 is 0 Å². The van der Waals surface area contributed by atoms with Gasteiger partial charge in [0, 0.05) is 44.0 Å². The molecule has 1 fully saturated rings. The summed E-state index contributed by atoms with van der Waals surface area (Å²) in [6, 6.07) is 0.374. The van der Waals surface area contributed by atoms with Gasteiger partial charge in [-0.3, -0.25) is 9.58 Å². The Morgan fingerprint density at radius 2 is 2.37 bits per heavy atom. The van der Waals surface area contributed by atoms with Gasteiger partial charge in [0.25, 0.3) is 0 Å². The highest BCUT2D eigenvalue weighted by molar-refractivity contribution is 5.03. The molecule has 1 saturated heterocycles. The van der Waals surface area contributed by atoms with Crippen LogP contribution in [0.2, 0.25) is 0 Å². The van der Waals surface area contributed by atoms with E-state index in [1.54, 1.807) is 0 Å². The van der Waals surface area contributed by atoms with Crippen molar-refractivity contribution in [2.45, 2.75) is 45.3 Å². The zero-order valence-electron chi connectivity index (χ0n) is 11.9. The van der Waals surface area contributed by atoms with Crippen molar-refractivity contribution in [3.05, 3.63) is 18.0 Å². The summed E-state index contributed by atoms with van der Waals surface area (Å²) in [5.74, 6) is 0. The molecule has 1 aromatic heterocycles. The van der Waals surface area contributed by atoms with Crippen LogP contribution in [0.1, 0.15) is 31.7 Å². The molecule has 2 N–H and O–H groups in total. The van der Waals surface area contributed by atoms with E-state index in [0.717, 1.165) is 39.1 Å². The van der Waals surface area contributed by atoms with Crippen molar-refractivity contribution in [2.24, 2.45) is 0 Å². The number of aliphatic hydroxyl groups excluding tert-OH is 1. The van der Waals surface area contributed by atoms with Crippen molar-refractivity contribution in [3.63, 3.8) is 0 Å². The summed E-state index contributed by atoms with van der Waals surface area (Å²) in [5.41, 5.74) is 1.24. The molecule has 1 aliphatic heterocycles. The van der Waals surface area contributed by atoms with E-state index in [2.05, 4.69) is 28.4 Å². The average Bonchev–Trinajstić information content (AvgIpc) is 2.92. The molecule has 0 saturated carbocycles. The van der Waals surface area contributed by atoms with Gasteiger partial charge in [0.1, 0.15) is 0 Å². The lowest BCUT2D eigenvalue weighted by molar-refractivity contribution is 0.0910. The molecule has 0 spiro atoms. The molecule has 5 nitrogen and oxygen atoms in total. The monoisotopic (exact) mass is 266 g/mol. The van der Waals surface area contributed by atoms with Crippen molar-refractivity contribution in [3.8, 4) is 0 Å². The van der Waals surface area contributed by atoms with Gasteiger partial charge in [-0.05, 0) is 26.3 Å². The second-order valence-corrected chi connectivity index (χ2v) is 5.25. The van der Waals surface area contributed by atoms with Gasteiger partial charge in [0.2, 0.25) is 0 Å². The number of nitrogens with one attached hydrogen (secondary N) is 1. The third kappa shape index (κ3) is 4.30. The minimum absolute atomic E-state index is 0.295. The van der Waals surface area contributed by atoms with Crippen molar-refractivity contribution >= 4 is 0 Å². The quantitative estimate of drug-likeness (QED) is 0.718. The first kappa shape index (κ1) is 14.5. The molecular formula is C14H26N4O. The number of rotatable bonds is 7. The molecule has 1 aliphatic rings. The van der Waals surface area contributed by atoms with Crippen LogP contribution in [0.25, 0.3) is 0 Å². The van der Waals surface area contributed by atoms with E-state index in [1.807, 2.05) is 10.9 Å². The Hall–Kier alpha value is -0.910. The summed E-state index contributed by atoms with van der Waals surface area (Å²) < 4.78 is 1.95. The zero-order chi connectivity index (χ0) is 13.5. The predicted octanol–water partition coefficient (Wildman–Crippen LogP) is 0.839. The standard InChI is InChI=1S/C14H26N4O/c1-2-18-11-13(10-16-18)9-15-6-8-17-7-4-3-5-14(17)12-19/h10-11,14-15,19H,2-9,12H2,1H3. The van der Waals surface area contributed by atoms with Gasteiger partial charge in [0.05, 0.1) is 12.8 Å². The molecule has 1 aromatic rings. The summed E-state index contributed by atoms with van der Waals surface area (Å²) in [6.07, 6.45) is 7.67. The molecule has 1 atom stereocenters. The number of aromatic nitrogens is 2. The number of likely N-dealkylation sites (tertiary alicyclic amines) is 1. The van der Waals surface area contributed by atoms with E-state index in [1.165, 1.54) is 18.4 Å². The van der Waals surface area contributed by atoms with Gasteiger partial charge < -0.3 is 10.4 Å². The lowest BCUT2D eigenvalue weighted by atomic mass is 10.0. The molecule has 0 aromatic carbocycles. The Bertz CT molecular complexity index is 366. The summed E-state index contributed by atoms with van der Waals surface area (Å²) in [6.45, 7) is 7.30. The largest absolute Gasteiger partial charge is 0.395 e. The fourth-order valence-corrected chi connectivity index (χ4v) is 2.69. The van der Waals surface area contributed by atoms with Crippen LogP contribution in [0, 0.1) is 0 Å². The van der Waals surface area contributed by atoms with E-state index >= 15 is 0 Å². The van der Waals surface area contributed by atoms with E-state index in [9.17, 15) is 5.11 Å². The Morgan fingerprint density at radius 1 is 1.47 bits per heavy atom. The number of aryl methyl sites for hydroxylation is 1. The fourth-order valence-electron chi connectivity index (χ4n) is 2.69. The van der Waals surface area contributed by atoms with Crippen molar-refractivity contribution in [2.75, 3.05) is 26.2 Å². The maximum atomic E-state index is 9.35. The van der Waals surface area contributed by atoms with E-state index in [0.29, 0.717) is 12.6 Å². The molecule has 108 valence electrons. The van der Waals surface area contributed by atoms with Crippen LogP contribution in [0.3, 0.4) is 0 Å². The van der Waals surface area contributed by atoms with Crippen LogP contribution >= 0.6 is 0 Å². The molecule has 19 heavy (non-hydrogen) atoms. The normalized spacial score (nSPS) is 20.8. The van der Waals surface area contributed by atoms with Crippen LogP contribution in [0.15, 0.2) is 12.4 Å². The Balaban J connectivity index is 1.65. The topological polar surface area (TPSA) is 53.3 Å². The molecule has 5 heteroatoms. The van der Waals surface area contributed by atoms with Gasteiger partial charge in [-0.25, -0.2) is 0 Å². The number of aliphatic hydroxyl groups is 1. The molecule has 0 radical (unpaired) electrons. The summed E-state index contributed by atoms with van der Waals surface area (Å²) >= 11 is 0. The lowest BCUT2D eigenvalue weighted by Gasteiger charge is -2.34. The van der Waals surface area contributed by atoms with E-state index in [4.69, 9.17) is 0 Å². The number of piperidine rings is 1. The molecule has 0 bridgehead atoms. The first-order chi connectivity index (χ1) is 9.33. The fraction of sp³-hybridized carbons (Fsp3) is 0.786. The maximum absolute atomic E-state index is 9.35. The molecule has 2 heterocycles. The minimum atomic E-state index is 0.295. The van der Waals surface area contributed by atoms with Gasteiger partial charge in [-0.1, -0.05) is 6.42 Å². The van der Waals surface area contributed by atoms with Crippen LogP contribution in [-0.2, 0) is 13.1 Å². The van der Waals surface area contributed by atoms with Gasteiger partial charge in [0.15, 0.2) is 0 Å².